The van der Waals surface area contributed by atoms with E-state index in [9.17, 15) is 5.11 Å². The van der Waals surface area contributed by atoms with Crippen LogP contribution >= 0.6 is 9.24 Å². The molecule has 0 heterocycles. The summed E-state index contributed by atoms with van der Waals surface area (Å²) in [5.41, 5.74) is 2.31. The van der Waals surface area contributed by atoms with Gasteiger partial charge in [0.2, 0.25) is 0 Å². The van der Waals surface area contributed by atoms with E-state index in [0.717, 1.165) is 23.5 Å². The predicted molar refractivity (Wildman–Crippen MR) is 68.6 cm³/mol. The first-order valence-corrected chi connectivity index (χ1v) is 5.95. The Morgan fingerprint density at radius 3 is 2.73 bits per heavy atom. The highest BCUT2D eigenvalue weighted by Gasteiger charge is 2.02. The topological polar surface area (TPSA) is 20.2 Å². The fourth-order valence-corrected chi connectivity index (χ4v) is 2.18. The summed E-state index contributed by atoms with van der Waals surface area (Å²) < 4.78 is 0. The summed E-state index contributed by atoms with van der Waals surface area (Å²) in [6.07, 6.45) is 2.17. The molecule has 15 heavy (non-hydrogen) atoms. The number of hydrogen-bond acceptors (Lipinski definition) is 1. The Morgan fingerprint density at radius 1 is 1.20 bits per heavy atom. The molecule has 2 rings (SSSR count). The zero-order valence-electron chi connectivity index (χ0n) is 8.83. The molecule has 1 atom stereocenters. The largest absolute Gasteiger partial charge is 0.508 e. The summed E-state index contributed by atoms with van der Waals surface area (Å²) >= 11 is 0. The van der Waals surface area contributed by atoms with Crippen LogP contribution in [0.3, 0.4) is 0 Å². The van der Waals surface area contributed by atoms with Gasteiger partial charge in [0.05, 0.1) is 0 Å². The van der Waals surface area contributed by atoms with Crippen molar-refractivity contribution in [2.75, 3.05) is 6.16 Å². The van der Waals surface area contributed by atoms with Crippen LogP contribution in [0.4, 0.5) is 0 Å². The number of hydrogen-bond donors (Lipinski definition) is 1. The number of benzene rings is 2. The van der Waals surface area contributed by atoms with Gasteiger partial charge < -0.3 is 5.11 Å². The van der Waals surface area contributed by atoms with Gasteiger partial charge in [-0.15, -0.1) is 9.24 Å². The highest BCUT2D eigenvalue weighted by Crippen LogP contribution is 2.26. The molecular formula is C13H15OP. The standard InChI is InChI=1S/C13H15OP/c1-9-12-4-2-10(6-7-15)8-11(12)3-5-13(9)14/h2-5,8,14H,6-7,15H2,1H3. The van der Waals surface area contributed by atoms with Crippen molar-refractivity contribution in [2.24, 2.45) is 0 Å². The van der Waals surface area contributed by atoms with Crippen molar-refractivity contribution in [3.63, 3.8) is 0 Å². The number of phenols is 1. The van der Waals surface area contributed by atoms with E-state index in [2.05, 4.69) is 27.4 Å². The van der Waals surface area contributed by atoms with Gasteiger partial charge in [-0.05, 0) is 47.5 Å². The fraction of sp³-hybridized carbons (Fsp3) is 0.231. The van der Waals surface area contributed by atoms with Gasteiger partial charge in [0.25, 0.3) is 0 Å². The summed E-state index contributed by atoms with van der Waals surface area (Å²) in [5, 5.41) is 11.9. The summed E-state index contributed by atoms with van der Waals surface area (Å²) in [6, 6.07) is 10.2. The molecule has 0 bridgehead atoms. The first-order chi connectivity index (χ1) is 7.22. The van der Waals surface area contributed by atoms with Crippen LogP contribution < -0.4 is 0 Å². The fourth-order valence-electron chi connectivity index (χ4n) is 1.85. The maximum atomic E-state index is 9.59. The molecule has 0 saturated carbocycles. The molecule has 2 aromatic carbocycles. The van der Waals surface area contributed by atoms with Gasteiger partial charge in [0.1, 0.15) is 5.75 Å². The minimum atomic E-state index is 0.376. The second-order valence-corrected chi connectivity index (χ2v) is 4.38. The number of phenolic OH excluding ortho intramolecular Hbond substituents is 1. The quantitative estimate of drug-likeness (QED) is 0.767. The van der Waals surface area contributed by atoms with Crippen molar-refractivity contribution in [1.29, 1.82) is 0 Å². The number of fused-ring (bicyclic) bond motifs is 1. The lowest BCUT2D eigenvalue weighted by Crippen LogP contribution is -1.87. The molecule has 1 N–H and O–H groups in total. The molecule has 0 radical (unpaired) electrons. The second-order valence-electron chi connectivity index (χ2n) is 3.80. The molecule has 0 aliphatic rings. The van der Waals surface area contributed by atoms with E-state index in [1.54, 1.807) is 6.07 Å². The zero-order valence-corrected chi connectivity index (χ0v) is 9.98. The lowest BCUT2D eigenvalue weighted by molar-refractivity contribution is 0.472. The third kappa shape index (κ3) is 1.98. The van der Waals surface area contributed by atoms with Crippen LogP contribution in [-0.4, -0.2) is 11.3 Å². The van der Waals surface area contributed by atoms with Crippen LogP contribution in [0.25, 0.3) is 10.8 Å². The normalized spacial score (nSPS) is 10.8. The third-order valence-corrected chi connectivity index (χ3v) is 3.05. The average Bonchev–Trinajstić information content (AvgIpc) is 2.24. The van der Waals surface area contributed by atoms with E-state index in [-0.39, 0.29) is 0 Å². The number of rotatable bonds is 2. The molecule has 0 fully saturated rings. The molecular weight excluding hydrogens is 203 g/mol. The van der Waals surface area contributed by atoms with Crippen LogP contribution in [0, 0.1) is 6.92 Å². The van der Waals surface area contributed by atoms with E-state index in [0.29, 0.717) is 5.75 Å². The zero-order chi connectivity index (χ0) is 10.8. The summed E-state index contributed by atoms with van der Waals surface area (Å²) in [7, 11) is 2.74. The first kappa shape index (κ1) is 10.4. The van der Waals surface area contributed by atoms with Crippen LogP contribution in [0.5, 0.6) is 5.75 Å². The highest BCUT2D eigenvalue weighted by atomic mass is 31.0. The summed E-state index contributed by atoms with van der Waals surface area (Å²) in [5.74, 6) is 0.376. The smallest absolute Gasteiger partial charge is 0.119 e. The molecule has 78 valence electrons. The predicted octanol–water partition coefficient (Wildman–Crippen LogP) is 3.27. The molecule has 2 aromatic rings. The lowest BCUT2D eigenvalue weighted by Gasteiger charge is -2.06. The van der Waals surface area contributed by atoms with E-state index in [1.165, 1.54) is 10.9 Å². The summed E-state index contributed by atoms with van der Waals surface area (Å²) in [4.78, 5) is 0. The first-order valence-electron chi connectivity index (χ1n) is 5.13. The Bertz CT molecular complexity index is 491. The Kier molecular flexibility index (Phi) is 2.93. The maximum Gasteiger partial charge on any atom is 0.119 e. The molecule has 0 aliphatic carbocycles. The maximum absolute atomic E-state index is 9.59. The van der Waals surface area contributed by atoms with Gasteiger partial charge in [-0.3, -0.25) is 0 Å². The minimum Gasteiger partial charge on any atom is -0.508 e. The molecule has 1 unspecified atom stereocenters. The molecule has 0 aromatic heterocycles. The van der Waals surface area contributed by atoms with Gasteiger partial charge in [-0.25, -0.2) is 0 Å². The van der Waals surface area contributed by atoms with E-state index in [1.807, 2.05) is 13.0 Å². The van der Waals surface area contributed by atoms with Crippen molar-refractivity contribution < 1.29 is 5.11 Å². The molecule has 0 amide bonds. The molecule has 0 aliphatic heterocycles. The van der Waals surface area contributed by atoms with Crippen LogP contribution in [-0.2, 0) is 6.42 Å². The molecule has 1 nitrogen and oxygen atoms in total. The van der Waals surface area contributed by atoms with Crippen molar-refractivity contribution in [1.82, 2.24) is 0 Å². The number of aryl methyl sites for hydroxylation is 2. The molecule has 2 heteroatoms. The van der Waals surface area contributed by atoms with Crippen molar-refractivity contribution in [2.45, 2.75) is 13.3 Å². The summed E-state index contributed by atoms with van der Waals surface area (Å²) in [6.45, 7) is 1.95. The highest BCUT2D eigenvalue weighted by molar-refractivity contribution is 7.16. The molecule has 0 spiro atoms. The Labute approximate surface area is 92.3 Å². The second kappa shape index (κ2) is 4.20. The average molecular weight is 218 g/mol. The Hall–Kier alpha value is -1.07. The van der Waals surface area contributed by atoms with Gasteiger partial charge >= 0.3 is 0 Å². The SMILES string of the molecule is Cc1c(O)ccc2cc(CCP)ccc12. The van der Waals surface area contributed by atoms with E-state index < -0.39 is 0 Å². The van der Waals surface area contributed by atoms with Gasteiger partial charge in [0.15, 0.2) is 0 Å². The monoisotopic (exact) mass is 218 g/mol. The third-order valence-electron chi connectivity index (χ3n) is 2.76. The van der Waals surface area contributed by atoms with Crippen LogP contribution in [0.2, 0.25) is 0 Å². The van der Waals surface area contributed by atoms with Gasteiger partial charge in [-0.2, -0.15) is 0 Å². The van der Waals surface area contributed by atoms with Crippen molar-refractivity contribution >= 4 is 20.0 Å². The van der Waals surface area contributed by atoms with E-state index in [4.69, 9.17) is 0 Å². The minimum absolute atomic E-state index is 0.376. The van der Waals surface area contributed by atoms with Gasteiger partial charge in [0, 0.05) is 0 Å². The Balaban J connectivity index is 2.59. The van der Waals surface area contributed by atoms with Crippen LogP contribution in [0.1, 0.15) is 11.1 Å². The number of aromatic hydroxyl groups is 1. The van der Waals surface area contributed by atoms with Crippen molar-refractivity contribution in [3.8, 4) is 5.75 Å². The van der Waals surface area contributed by atoms with Crippen LogP contribution in [0.15, 0.2) is 30.3 Å². The lowest BCUT2D eigenvalue weighted by atomic mass is 10.0. The Morgan fingerprint density at radius 2 is 2.00 bits per heavy atom. The van der Waals surface area contributed by atoms with Gasteiger partial charge in [-0.1, -0.05) is 24.3 Å². The molecule has 0 saturated heterocycles. The van der Waals surface area contributed by atoms with E-state index >= 15 is 0 Å². The van der Waals surface area contributed by atoms with Crippen molar-refractivity contribution in [3.05, 3.63) is 41.5 Å².